The smallest absolute Gasteiger partial charge is 0.0561 e. The number of nitrogens with zero attached hydrogens (tertiary/aromatic N) is 2. The molecule has 2 aliphatic rings. The summed E-state index contributed by atoms with van der Waals surface area (Å²) in [5.74, 6) is 0. The van der Waals surface area contributed by atoms with Gasteiger partial charge in [0.05, 0.1) is 16.6 Å². The number of pyridine rings is 1. The molecule has 1 aliphatic carbocycles. The highest BCUT2D eigenvalue weighted by atomic mass is 15.1. The minimum Gasteiger partial charge on any atom is -0.378 e. The number of aromatic nitrogens is 1. The zero-order chi connectivity index (χ0) is 18.4. The molecule has 26 heavy (non-hydrogen) atoms. The Morgan fingerprint density at radius 2 is 1.62 bits per heavy atom. The molecule has 0 amide bonds. The first-order valence-electron chi connectivity index (χ1n) is 8.81. The normalized spacial score (nSPS) is 11.2. The Kier molecular flexibility index (Phi) is 3.80. The first-order chi connectivity index (χ1) is 12.5. The quantitative estimate of drug-likeness (QED) is 0.522. The molecule has 1 heterocycles. The molecule has 1 N–H and O–H groups in total. The highest BCUT2D eigenvalue weighted by molar-refractivity contribution is 6.04. The van der Waals surface area contributed by atoms with Gasteiger partial charge in [0.15, 0.2) is 0 Å². The lowest BCUT2D eigenvalue weighted by Crippen LogP contribution is -2.11. The monoisotopic (exact) mass is 341 g/mol. The van der Waals surface area contributed by atoms with E-state index in [1.165, 1.54) is 38.8 Å². The fourth-order valence-electron chi connectivity index (χ4n) is 3.61. The minimum absolute atomic E-state index is 0.533. The van der Waals surface area contributed by atoms with Crippen molar-refractivity contribution in [2.45, 2.75) is 6.92 Å². The first kappa shape index (κ1) is 16.4. The van der Waals surface area contributed by atoms with E-state index in [2.05, 4.69) is 86.1 Å². The standard InChI is InChI=1S/C23H23N3/c1-15-5-7-16(8-6-15)23-19-11-9-17(24)13-21(19)26(4)22-14-18(25(2)3)10-12-20(22)23/h5-14,24H,1-4H3. The van der Waals surface area contributed by atoms with E-state index in [1.54, 1.807) is 0 Å². The lowest BCUT2D eigenvalue weighted by Gasteiger charge is -2.23. The van der Waals surface area contributed by atoms with Crippen molar-refractivity contribution in [2.75, 3.05) is 19.0 Å². The molecular formula is C23H23N3. The third-order valence-electron chi connectivity index (χ3n) is 5.10. The number of benzene rings is 3. The number of rotatable bonds is 2. The molecule has 0 bridgehead atoms. The van der Waals surface area contributed by atoms with E-state index >= 15 is 0 Å². The summed E-state index contributed by atoms with van der Waals surface area (Å²) in [4.78, 5) is 2.12. The molecule has 0 aromatic heterocycles. The van der Waals surface area contributed by atoms with Crippen molar-refractivity contribution >= 4 is 16.6 Å². The van der Waals surface area contributed by atoms with E-state index in [9.17, 15) is 0 Å². The Hall–Kier alpha value is -3.07. The van der Waals surface area contributed by atoms with Crippen LogP contribution in [0, 0.1) is 12.3 Å². The van der Waals surface area contributed by atoms with E-state index in [-0.39, 0.29) is 0 Å². The molecule has 0 unspecified atom stereocenters. The molecule has 0 atom stereocenters. The fraction of sp³-hybridized carbons (Fsp3) is 0.174. The largest absolute Gasteiger partial charge is 0.378 e. The second kappa shape index (κ2) is 6.03. The number of fused-ring (bicyclic) bond motifs is 2. The van der Waals surface area contributed by atoms with Gasteiger partial charge in [0.25, 0.3) is 0 Å². The Labute approximate surface area is 154 Å². The maximum Gasteiger partial charge on any atom is 0.0561 e. The highest BCUT2D eigenvalue weighted by Gasteiger charge is 2.17. The van der Waals surface area contributed by atoms with E-state index in [0.29, 0.717) is 5.36 Å². The first-order valence-corrected chi connectivity index (χ1v) is 8.81. The predicted octanol–water partition coefficient (Wildman–Crippen LogP) is 4.80. The molecule has 3 heteroatoms. The van der Waals surface area contributed by atoms with Gasteiger partial charge in [-0.1, -0.05) is 42.0 Å². The van der Waals surface area contributed by atoms with Crippen LogP contribution in [0.2, 0.25) is 0 Å². The average Bonchev–Trinajstić information content (AvgIpc) is 2.63. The number of aryl methyl sites for hydroxylation is 2. The van der Waals surface area contributed by atoms with Crippen LogP contribution >= 0.6 is 0 Å². The maximum atomic E-state index is 8.07. The Morgan fingerprint density at radius 3 is 2.31 bits per heavy atom. The van der Waals surface area contributed by atoms with Crippen LogP contribution in [0.4, 0.5) is 5.69 Å². The van der Waals surface area contributed by atoms with Gasteiger partial charge in [-0.3, -0.25) is 0 Å². The van der Waals surface area contributed by atoms with Gasteiger partial charge in [-0.25, -0.2) is 0 Å². The average molecular weight is 341 g/mol. The van der Waals surface area contributed by atoms with Crippen molar-refractivity contribution in [3.63, 3.8) is 0 Å². The molecule has 0 saturated heterocycles. The Balaban J connectivity index is 2.18. The van der Waals surface area contributed by atoms with E-state index in [4.69, 9.17) is 5.41 Å². The molecule has 1 aliphatic heterocycles. The molecule has 4 rings (SSSR count). The summed E-state index contributed by atoms with van der Waals surface area (Å²) >= 11 is 0. The molecule has 3 nitrogen and oxygen atoms in total. The van der Waals surface area contributed by atoms with Crippen molar-refractivity contribution < 1.29 is 0 Å². The zero-order valence-corrected chi connectivity index (χ0v) is 15.7. The lowest BCUT2D eigenvalue weighted by atomic mass is 9.91. The summed E-state index contributed by atoms with van der Waals surface area (Å²) in [6, 6.07) is 21.2. The maximum absolute atomic E-state index is 8.07. The van der Waals surface area contributed by atoms with Crippen molar-refractivity contribution in [3.8, 4) is 22.4 Å². The summed E-state index contributed by atoms with van der Waals surface area (Å²) in [6.45, 7) is 2.11. The highest BCUT2D eigenvalue weighted by Crippen LogP contribution is 2.40. The summed E-state index contributed by atoms with van der Waals surface area (Å²) in [7, 11) is 6.21. The van der Waals surface area contributed by atoms with Crippen LogP contribution in [-0.4, -0.2) is 18.7 Å². The SMILES string of the molecule is Cc1ccc(-c2c3ccc(=N)cc-3n(C)c3cc(N(C)C)ccc23)cc1. The summed E-state index contributed by atoms with van der Waals surface area (Å²) < 4.78 is 2.20. The van der Waals surface area contributed by atoms with E-state index < -0.39 is 0 Å². The second-order valence-corrected chi connectivity index (χ2v) is 7.13. The molecule has 130 valence electrons. The van der Waals surface area contributed by atoms with Crippen LogP contribution in [0.5, 0.6) is 0 Å². The summed E-state index contributed by atoms with van der Waals surface area (Å²) in [6.07, 6.45) is 0. The van der Waals surface area contributed by atoms with Crippen molar-refractivity contribution in [1.82, 2.24) is 4.57 Å². The lowest BCUT2D eigenvalue weighted by molar-refractivity contribution is 0.957. The fourth-order valence-corrected chi connectivity index (χ4v) is 3.61. The Morgan fingerprint density at radius 1 is 0.885 bits per heavy atom. The molecule has 0 radical (unpaired) electrons. The van der Waals surface area contributed by atoms with Gasteiger partial charge in [-0.15, -0.1) is 0 Å². The predicted molar refractivity (Wildman–Crippen MR) is 110 cm³/mol. The van der Waals surface area contributed by atoms with Gasteiger partial charge in [-0.2, -0.15) is 0 Å². The van der Waals surface area contributed by atoms with Gasteiger partial charge in [0.2, 0.25) is 0 Å². The summed E-state index contributed by atoms with van der Waals surface area (Å²) in [5, 5.41) is 9.84. The molecule has 2 aromatic carbocycles. The van der Waals surface area contributed by atoms with Gasteiger partial charge >= 0.3 is 0 Å². The van der Waals surface area contributed by atoms with Crippen LogP contribution in [0.1, 0.15) is 5.56 Å². The summed E-state index contributed by atoms with van der Waals surface area (Å²) in [5.41, 5.74) is 8.30. The van der Waals surface area contributed by atoms with Crippen LogP contribution in [0.25, 0.3) is 33.3 Å². The second-order valence-electron chi connectivity index (χ2n) is 7.13. The number of hydrogen-bond donors (Lipinski definition) is 1. The van der Waals surface area contributed by atoms with Crippen LogP contribution in [0.15, 0.2) is 60.7 Å². The number of anilines is 1. The third-order valence-corrected chi connectivity index (χ3v) is 5.10. The van der Waals surface area contributed by atoms with E-state index in [0.717, 1.165) is 5.69 Å². The van der Waals surface area contributed by atoms with E-state index in [1.807, 2.05) is 12.1 Å². The Bertz CT molecular complexity index is 1130. The number of nitrogens with one attached hydrogen (secondary N) is 1. The van der Waals surface area contributed by atoms with Gasteiger partial charge in [0.1, 0.15) is 0 Å². The number of hydrogen-bond acceptors (Lipinski definition) is 2. The van der Waals surface area contributed by atoms with Crippen LogP contribution < -0.4 is 10.3 Å². The van der Waals surface area contributed by atoms with Crippen molar-refractivity contribution in [2.24, 2.45) is 7.05 Å². The van der Waals surface area contributed by atoms with Gasteiger partial charge < -0.3 is 14.9 Å². The molecule has 0 saturated carbocycles. The zero-order valence-electron chi connectivity index (χ0n) is 15.7. The van der Waals surface area contributed by atoms with Crippen molar-refractivity contribution in [1.29, 1.82) is 5.41 Å². The molecule has 0 spiro atoms. The third kappa shape index (κ3) is 2.57. The van der Waals surface area contributed by atoms with Crippen LogP contribution in [0.3, 0.4) is 0 Å². The molecular weight excluding hydrogens is 318 g/mol. The minimum atomic E-state index is 0.533. The topological polar surface area (TPSA) is 32.0 Å². The van der Waals surface area contributed by atoms with Crippen molar-refractivity contribution in [3.05, 3.63) is 71.6 Å². The van der Waals surface area contributed by atoms with Gasteiger partial charge in [0, 0.05) is 43.3 Å². The van der Waals surface area contributed by atoms with Crippen LogP contribution in [-0.2, 0) is 7.05 Å². The molecule has 0 fully saturated rings. The molecule has 2 aromatic rings. The van der Waals surface area contributed by atoms with Gasteiger partial charge in [-0.05, 0) is 36.8 Å².